The van der Waals surface area contributed by atoms with Crippen LogP contribution in [0.25, 0.3) is 186 Å². The van der Waals surface area contributed by atoms with Crippen LogP contribution in [0.4, 0.5) is 51.2 Å². The molecule has 0 bridgehead atoms. The van der Waals surface area contributed by atoms with E-state index in [4.69, 9.17) is 13.3 Å². The van der Waals surface area contributed by atoms with Gasteiger partial charge < -0.3 is 28.0 Å². The van der Waals surface area contributed by atoms with Crippen molar-refractivity contribution < 1.29 is 13.3 Å². The number of para-hydroxylation sites is 3. The van der Waals surface area contributed by atoms with Crippen molar-refractivity contribution in [2.45, 2.75) is 57.8 Å². The molecule has 0 radical (unpaired) electrons. The summed E-state index contributed by atoms with van der Waals surface area (Å²) in [7, 11) is 0. The van der Waals surface area contributed by atoms with Gasteiger partial charge in [-0.2, -0.15) is 0 Å². The predicted molar refractivity (Wildman–Crippen MR) is 602 cm³/mol. The largest absolute Gasteiger partial charge is 0.456 e. The lowest BCUT2D eigenvalue weighted by Crippen LogP contribution is -2.15. The first kappa shape index (κ1) is 84.4. The van der Waals surface area contributed by atoms with E-state index in [2.05, 4.69) is 499 Å². The molecule has 0 saturated carbocycles. The average Bonchev–Trinajstić information content (AvgIpc) is 1.70. The Morgan fingerprint density at radius 2 is 0.420 bits per heavy atom. The summed E-state index contributed by atoms with van der Waals surface area (Å²) in [6.07, 6.45) is 0. The molecule has 3 aromatic heterocycles. The maximum Gasteiger partial charge on any atom is 0.135 e. The molecule has 23 aromatic carbocycles. The molecular weight excluding hydrogens is 1740 g/mol. The lowest BCUT2D eigenvalue weighted by atomic mass is 9.81. The van der Waals surface area contributed by atoms with Crippen molar-refractivity contribution >= 4 is 171 Å². The molecule has 0 saturated heterocycles. The van der Waals surface area contributed by atoms with Crippen molar-refractivity contribution in [3.8, 4) is 66.8 Å². The van der Waals surface area contributed by atoms with Gasteiger partial charge in [0.1, 0.15) is 33.5 Å². The first-order chi connectivity index (χ1) is 70.1. The van der Waals surface area contributed by atoms with Crippen LogP contribution in [0.2, 0.25) is 0 Å². The van der Waals surface area contributed by atoms with E-state index in [-0.39, 0.29) is 16.2 Å². The SMILES string of the molecule is CC1(C)c2ccccc2-c2cc(N(c3ccc(-c4ccccc4)cc3)c3ccc4oc5ccccc5c4c3)ccc21.CC1(C)c2ccccc2-c2ccc(-c3ccc(N(c4ccc5oc6ccccc6c5c4)c4cc5ccccc5c5ccccc45)cc3)cc21.CC1(C)c2ccccc2-c2ccc(-c3ccc(N(c4ccc5oc6ccccc6c5c4)c4ccc5c6ccccc6c6ccccc6c5c4)cc3)cc21. The molecule has 143 heavy (non-hydrogen) atoms. The van der Waals surface area contributed by atoms with Gasteiger partial charge in [-0.25, -0.2) is 0 Å². The highest BCUT2D eigenvalue weighted by Gasteiger charge is 2.39. The van der Waals surface area contributed by atoms with Crippen LogP contribution in [0.1, 0.15) is 74.9 Å². The fourth-order valence-corrected chi connectivity index (χ4v) is 23.8. The summed E-state index contributed by atoms with van der Waals surface area (Å²) >= 11 is 0. The minimum atomic E-state index is -0.0415. The third-order valence-corrected chi connectivity index (χ3v) is 31.0. The van der Waals surface area contributed by atoms with Gasteiger partial charge in [0.05, 0.1) is 5.69 Å². The lowest BCUT2D eigenvalue weighted by Gasteiger charge is -2.28. The van der Waals surface area contributed by atoms with E-state index >= 15 is 0 Å². The topological polar surface area (TPSA) is 49.1 Å². The van der Waals surface area contributed by atoms with Crippen molar-refractivity contribution in [1.29, 1.82) is 0 Å². The molecule has 0 N–H and O–H groups in total. The molecule has 6 nitrogen and oxygen atoms in total. The number of hydrogen-bond acceptors (Lipinski definition) is 6. The van der Waals surface area contributed by atoms with E-state index < -0.39 is 0 Å². The van der Waals surface area contributed by atoms with Crippen LogP contribution >= 0.6 is 0 Å². The van der Waals surface area contributed by atoms with Crippen molar-refractivity contribution in [2.24, 2.45) is 0 Å². The Balaban J connectivity index is 0.000000108. The van der Waals surface area contributed by atoms with Gasteiger partial charge in [0.25, 0.3) is 0 Å². The first-order valence-corrected chi connectivity index (χ1v) is 49.6. The molecule has 3 heterocycles. The molecule has 3 aliphatic rings. The smallest absolute Gasteiger partial charge is 0.135 e. The highest BCUT2D eigenvalue weighted by Crippen LogP contribution is 2.56. The van der Waals surface area contributed by atoms with E-state index in [1.54, 1.807) is 0 Å². The average molecular weight is 1830 g/mol. The van der Waals surface area contributed by atoms with Gasteiger partial charge in [0, 0.05) is 99.4 Å². The molecule has 0 amide bonds. The van der Waals surface area contributed by atoms with Crippen molar-refractivity contribution in [3.63, 3.8) is 0 Å². The first-order valence-electron chi connectivity index (χ1n) is 49.6. The van der Waals surface area contributed by atoms with Crippen molar-refractivity contribution in [2.75, 3.05) is 14.7 Å². The minimum Gasteiger partial charge on any atom is -0.456 e. The summed E-state index contributed by atoms with van der Waals surface area (Å²) in [6.45, 7) is 14.0. The molecule has 6 heteroatoms. The summed E-state index contributed by atoms with van der Waals surface area (Å²) in [5.41, 5.74) is 38.9. The summed E-state index contributed by atoms with van der Waals surface area (Å²) in [5.74, 6) is 0. The number of nitrogens with zero attached hydrogens (tertiary/aromatic N) is 3. The zero-order valence-electron chi connectivity index (χ0n) is 80.2. The van der Waals surface area contributed by atoms with Crippen LogP contribution in [-0.2, 0) is 16.2 Å². The van der Waals surface area contributed by atoms with Gasteiger partial charge in [0.2, 0.25) is 0 Å². The Labute approximate surface area is 830 Å². The molecule has 0 aliphatic heterocycles. The summed E-state index contributed by atoms with van der Waals surface area (Å²) in [4.78, 5) is 7.16. The van der Waals surface area contributed by atoms with Crippen LogP contribution < -0.4 is 14.7 Å². The van der Waals surface area contributed by atoms with E-state index in [1.165, 1.54) is 154 Å². The number of anilines is 9. The van der Waals surface area contributed by atoms with Crippen LogP contribution in [0.15, 0.2) is 492 Å². The van der Waals surface area contributed by atoms with Crippen LogP contribution in [0.5, 0.6) is 0 Å². The normalized spacial score (nSPS) is 13.3. The number of fused-ring (bicyclic) bond motifs is 27. The van der Waals surface area contributed by atoms with Gasteiger partial charge >= 0.3 is 0 Å². The summed E-state index contributed by atoms with van der Waals surface area (Å²) in [5, 5.41) is 19.3. The van der Waals surface area contributed by atoms with Gasteiger partial charge in [-0.05, 0) is 300 Å². The van der Waals surface area contributed by atoms with Gasteiger partial charge in [0.15, 0.2) is 0 Å². The maximum atomic E-state index is 6.26. The maximum absolute atomic E-state index is 6.26. The number of hydrogen-bond donors (Lipinski definition) is 0. The van der Waals surface area contributed by atoms with Gasteiger partial charge in [-0.15, -0.1) is 0 Å². The third-order valence-electron chi connectivity index (χ3n) is 31.0. The highest BCUT2D eigenvalue weighted by molar-refractivity contribution is 6.26. The third kappa shape index (κ3) is 13.9. The number of furan rings is 3. The van der Waals surface area contributed by atoms with Gasteiger partial charge in [-0.1, -0.05) is 369 Å². The highest BCUT2D eigenvalue weighted by atomic mass is 16.3. The van der Waals surface area contributed by atoms with Crippen LogP contribution in [-0.4, -0.2) is 0 Å². The Morgan fingerprint density at radius 1 is 0.147 bits per heavy atom. The Bertz CT molecular complexity index is 9620. The molecule has 3 aliphatic carbocycles. The second-order valence-corrected chi connectivity index (χ2v) is 40.1. The molecular formula is C137H97N3O3. The molecule has 0 spiro atoms. The fraction of sp³-hybridized carbons (Fsp3) is 0.0657. The lowest BCUT2D eigenvalue weighted by molar-refractivity contribution is 0.660. The second-order valence-electron chi connectivity index (χ2n) is 40.1. The molecule has 678 valence electrons. The standard InChI is InChI=1S/C51H35NO.C47H33NO.C39H29NO/c1-51(2)47-17-9-7-15-42(47)43-26-21-33(29-48(43)51)32-19-22-34(23-20-32)52(36-25-28-50-46(31-36)44-16-8-10-18-49(44)53-50)35-24-27-41-39-13-4-3-11-37(39)38-12-5-6-14-40(38)45(41)30-35;1-47(2)42-17-9-7-14-37(42)38-25-21-31(27-43(38)47)30-19-22-33(23-20-30)48(34-24-26-46-41(29-34)40-16-8-10-18-45(40)49-46)44-28-32-11-3-4-12-35(32)36-13-5-6-15-39(36)44;1-39(2)35-14-8-6-12-31(35)33-24-29(20-22-36(33)39)40(28-18-16-27(17-19-28)26-10-4-3-5-11-26)30-21-23-38-34(25-30)32-13-7-9-15-37(32)41-38/h3-31H,1-2H3;3-29H,1-2H3;3-25H,1-2H3. The van der Waals surface area contributed by atoms with Crippen molar-refractivity contribution in [3.05, 3.63) is 513 Å². The summed E-state index contributed by atoms with van der Waals surface area (Å²) < 4.78 is 18.7. The van der Waals surface area contributed by atoms with E-state index in [1.807, 2.05) is 36.4 Å². The number of benzene rings is 23. The molecule has 0 atom stereocenters. The van der Waals surface area contributed by atoms with E-state index in [0.717, 1.165) is 117 Å². The van der Waals surface area contributed by atoms with Gasteiger partial charge in [-0.3, -0.25) is 0 Å². The Morgan fingerprint density at radius 3 is 0.874 bits per heavy atom. The Hall–Kier alpha value is -17.8. The zero-order valence-corrected chi connectivity index (χ0v) is 80.2. The zero-order chi connectivity index (χ0) is 95.5. The molecule has 0 fully saturated rings. The molecule has 0 unspecified atom stereocenters. The Kier molecular flexibility index (Phi) is 19.6. The van der Waals surface area contributed by atoms with Crippen LogP contribution in [0, 0.1) is 0 Å². The molecule has 26 aromatic rings. The molecule has 29 rings (SSSR count). The van der Waals surface area contributed by atoms with Crippen molar-refractivity contribution in [1.82, 2.24) is 0 Å². The quantitative estimate of drug-likeness (QED) is 0.114. The number of rotatable bonds is 12. The van der Waals surface area contributed by atoms with Crippen LogP contribution in [0.3, 0.4) is 0 Å². The van der Waals surface area contributed by atoms with E-state index in [9.17, 15) is 0 Å². The minimum absolute atomic E-state index is 0.0266. The van der Waals surface area contributed by atoms with E-state index in [0.29, 0.717) is 0 Å². The monoisotopic (exact) mass is 1830 g/mol. The fourth-order valence-electron chi connectivity index (χ4n) is 23.8. The summed E-state index contributed by atoms with van der Waals surface area (Å²) in [6, 6.07) is 174. The predicted octanol–water partition coefficient (Wildman–Crippen LogP) is 38.9. The second kappa shape index (κ2) is 33.2.